The van der Waals surface area contributed by atoms with Crippen LogP contribution in [-0.4, -0.2) is 98.4 Å². The molecule has 0 radical (unpaired) electrons. The van der Waals surface area contributed by atoms with Gasteiger partial charge in [-0.05, 0) is 75.8 Å². The number of benzene rings is 3. The average Bonchev–Trinajstić information content (AvgIpc) is 3.50. The van der Waals surface area contributed by atoms with Gasteiger partial charge in [0.1, 0.15) is 57.0 Å². The highest BCUT2D eigenvalue weighted by Gasteiger charge is 2.39. The van der Waals surface area contributed by atoms with E-state index in [9.17, 15) is 29.6 Å². The number of hydroxylamine groups is 1. The first-order valence-corrected chi connectivity index (χ1v) is 19.8. The second-order valence-electron chi connectivity index (χ2n) is 15.3. The van der Waals surface area contributed by atoms with Crippen molar-refractivity contribution in [3.8, 4) is 17.6 Å². The van der Waals surface area contributed by atoms with Gasteiger partial charge in [-0.2, -0.15) is 15.9 Å². The van der Waals surface area contributed by atoms with Crippen LogP contribution in [-0.2, 0) is 32.9 Å². The van der Waals surface area contributed by atoms with Crippen molar-refractivity contribution in [2.45, 2.75) is 57.4 Å². The number of likely N-dealkylation sites (tertiary alicyclic amines) is 1. The van der Waals surface area contributed by atoms with E-state index >= 15 is 0 Å². The quantitative estimate of drug-likeness (QED) is 0.0491. The van der Waals surface area contributed by atoms with Crippen molar-refractivity contribution in [3.63, 3.8) is 0 Å². The number of nitriles is 1. The van der Waals surface area contributed by atoms with Gasteiger partial charge in [0.15, 0.2) is 5.75 Å². The molecule has 4 aromatic rings. The van der Waals surface area contributed by atoms with E-state index in [1.54, 1.807) is 36.5 Å². The van der Waals surface area contributed by atoms with Crippen molar-refractivity contribution in [1.29, 1.82) is 5.26 Å². The molecule has 0 spiro atoms. The first-order valence-electron chi connectivity index (χ1n) is 19.1. The van der Waals surface area contributed by atoms with Crippen molar-refractivity contribution in [3.05, 3.63) is 105 Å². The second kappa shape index (κ2) is 17.3. The smallest absolute Gasteiger partial charge is 0.411 e. The lowest BCUT2D eigenvalue weighted by Crippen LogP contribution is -2.54. The van der Waals surface area contributed by atoms with Gasteiger partial charge in [-0.3, -0.25) is 29.9 Å². The zero-order chi connectivity index (χ0) is 42.8. The summed E-state index contributed by atoms with van der Waals surface area (Å²) < 4.78 is 16.7. The minimum absolute atomic E-state index is 0.119. The standard InChI is InChI=1S/C41H42ClN9O8S/c1-41(2,26-4-7-30(8-5-26)58-23-29-12-13-44-39(45-29)48-51(3,56)60)27-16-24(19-43)36(33(42)18-27)59-31-21-49(22-31)14-15-57-40(55)46-28-6-9-32-25(17-28)20-50(38(32)54)34-10-11-35(52)47-37(34)53/h4-9,12-13,16-18,31,34,56,60H,10-11,14-15,20-23H2,1-3H3,(H2-,44,45,46,47,48,52,53,54,55)/p+1. The summed E-state index contributed by atoms with van der Waals surface area (Å²) >= 11 is 10.7. The molecular weight excluding hydrogens is 814 g/mol. The van der Waals surface area contributed by atoms with Crippen LogP contribution in [0.5, 0.6) is 11.5 Å². The van der Waals surface area contributed by atoms with Crippen molar-refractivity contribution >= 4 is 59.9 Å². The van der Waals surface area contributed by atoms with Gasteiger partial charge < -0.3 is 19.1 Å². The van der Waals surface area contributed by atoms with Crippen molar-refractivity contribution in [2.24, 2.45) is 0 Å². The highest BCUT2D eigenvalue weighted by atomic mass is 35.5. The molecule has 0 aliphatic carbocycles. The summed E-state index contributed by atoms with van der Waals surface area (Å²) in [6, 6.07) is 19.3. The predicted octanol–water partition coefficient (Wildman–Crippen LogP) is 4.99. The average molecular weight is 857 g/mol. The third-order valence-electron chi connectivity index (χ3n) is 10.5. The molecule has 2 atom stereocenters. The molecule has 7 rings (SSSR count). The maximum absolute atomic E-state index is 13.0. The molecule has 3 aromatic carbocycles. The van der Waals surface area contributed by atoms with E-state index < -0.39 is 27.6 Å². The summed E-state index contributed by atoms with van der Waals surface area (Å²) in [5, 5.41) is 25.2. The number of anilines is 2. The maximum Gasteiger partial charge on any atom is 0.411 e. The van der Waals surface area contributed by atoms with E-state index in [2.05, 4.69) is 44.9 Å². The minimum Gasteiger partial charge on any atom is -0.487 e. The Morgan fingerprint density at radius 2 is 1.88 bits per heavy atom. The number of amides is 4. The zero-order valence-electron chi connectivity index (χ0n) is 33.0. The minimum atomic E-state index is -0.828. The topological polar surface area (TPSA) is 208 Å². The lowest BCUT2D eigenvalue weighted by atomic mass is 9.77. The van der Waals surface area contributed by atoms with Crippen molar-refractivity contribution in [2.75, 3.05) is 44.0 Å². The van der Waals surface area contributed by atoms with Crippen molar-refractivity contribution in [1.82, 2.24) is 25.1 Å². The number of quaternary nitrogens is 1. The van der Waals surface area contributed by atoms with E-state index in [1.807, 2.05) is 49.1 Å². The molecule has 17 nitrogen and oxygen atoms in total. The van der Waals surface area contributed by atoms with Crippen LogP contribution in [0.4, 0.5) is 16.4 Å². The number of ether oxygens (including phenoxy) is 3. The number of halogens is 1. The van der Waals surface area contributed by atoms with Crippen LogP contribution in [0, 0.1) is 11.3 Å². The number of imide groups is 1. The number of piperidine rings is 1. The predicted molar refractivity (Wildman–Crippen MR) is 220 cm³/mol. The van der Waals surface area contributed by atoms with Crippen LogP contribution < -0.4 is 25.5 Å². The number of aromatic nitrogens is 2. The van der Waals surface area contributed by atoms with Crippen LogP contribution in [0.3, 0.4) is 0 Å². The monoisotopic (exact) mass is 856 g/mol. The van der Waals surface area contributed by atoms with Gasteiger partial charge in [0, 0.05) is 55.5 Å². The van der Waals surface area contributed by atoms with Gasteiger partial charge in [0.05, 0.1) is 16.3 Å². The Labute approximate surface area is 356 Å². The van der Waals surface area contributed by atoms with Crippen LogP contribution in [0.15, 0.2) is 66.9 Å². The molecule has 0 bridgehead atoms. The van der Waals surface area contributed by atoms with Gasteiger partial charge in [-0.15, -0.1) is 0 Å². The fraction of sp³-hybridized carbons (Fsp3) is 0.341. The lowest BCUT2D eigenvalue weighted by Gasteiger charge is -2.39. The van der Waals surface area contributed by atoms with E-state index in [1.165, 1.54) is 11.9 Å². The normalized spacial score (nSPS) is 17.8. The van der Waals surface area contributed by atoms with E-state index in [0.717, 1.165) is 11.1 Å². The number of nitrogens with one attached hydrogen (secondary N) is 3. The molecular formula is C41H43ClN9O8S+. The Morgan fingerprint density at radius 3 is 2.60 bits per heavy atom. The Bertz CT molecular complexity index is 2360. The Hall–Kier alpha value is -5.97. The molecule has 3 aliphatic rings. The highest BCUT2D eigenvalue weighted by Crippen LogP contribution is 2.39. The summed E-state index contributed by atoms with van der Waals surface area (Å²) in [7, 11) is 1.40. The molecule has 2 saturated heterocycles. The number of rotatable bonds is 14. The van der Waals surface area contributed by atoms with Gasteiger partial charge in [-0.25, -0.2) is 14.8 Å². The molecule has 4 heterocycles. The van der Waals surface area contributed by atoms with E-state index in [-0.39, 0.29) is 56.5 Å². The molecule has 1 aromatic heterocycles. The van der Waals surface area contributed by atoms with E-state index in [4.69, 9.17) is 25.8 Å². The van der Waals surface area contributed by atoms with Crippen LogP contribution in [0.25, 0.3) is 0 Å². The maximum atomic E-state index is 13.0. The number of thiol groups is 1. The summed E-state index contributed by atoms with van der Waals surface area (Å²) in [5.41, 5.74) is 6.37. The van der Waals surface area contributed by atoms with Crippen LogP contribution in [0.2, 0.25) is 5.02 Å². The Balaban J connectivity index is 0.863. The Kier molecular flexibility index (Phi) is 12.2. The lowest BCUT2D eigenvalue weighted by molar-refractivity contribution is -0.955. The van der Waals surface area contributed by atoms with Gasteiger partial charge in [0.2, 0.25) is 11.8 Å². The number of hydrogen-bond donors (Lipinski definition) is 5. The molecule has 312 valence electrons. The Morgan fingerprint density at radius 1 is 1.12 bits per heavy atom. The molecule has 4 N–H and O–H groups in total. The largest absolute Gasteiger partial charge is 0.487 e. The molecule has 19 heteroatoms. The van der Waals surface area contributed by atoms with E-state index in [0.29, 0.717) is 64.2 Å². The van der Waals surface area contributed by atoms with Gasteiger partial charge in [-0.1, -0.05) is 37.6 Å². The molecule has 3 aliphatic heterocycles. The number of carbonyl (C=O) groups excluding carboxylic acids is 4. The fourth-order valence-corrected chi connectivity index (χ4v) is 7.54. The highest BCUT2D eigenvalue weighted by molar-refractivity contribution is 7.74. The summed E-state index contributed by atoms with van der Waals surface area (Å²) in [5.74, 6) is 0.00442. The number of nitrogens with zero attached hydrogens (tertiary/aromatic N) is 6. The van der Waals surface area contributed by atoms with Crippen LogP contribution >= 0.6 is 24.4 Å². The third-order valence-corrected chi connectivity index (χ3v) is 10.9. The first-order chi connectivity index (χ1) is 28.6. The first kappa shape index (κ1) is 42.2. The van der Waals surface area contributed by atoms with Crippen LogP contribution in [0.1, 0.15) is 65.0 Å². The molecule has 4 amide bonds. The summed E-state index contributed by atoms with van der Waals surface area (Å²) in [6.45, 7) is 6.12. The molecule has 0 saturated carbocycles. The van der Waals surface area contributed by atoms with Gasteiger partial charge in [0.25, 0.3) is 11.9 Å². The number of hydrogen-bond acceptors (Lipinski definition) is 14. The number of fused-ring (bicyclic) bond motifs is 1. The summed E-state index contributed by atoms with van der Waals surface area (Å²) in [4.78, 5) is 61.3. The number of carbonyl (C=O) groups is 4. The zero-order valence-corrected chi connectivity index (χ0v) is 34.6. The fourth-order valence-electron chi connectivity index (χ4n) is 7.19. The SMILES string of the molecule is CC(C)(c1ccc(OCc2ccnc(N[N+](C)(O)S)n2)cc1)c1cc(Cl)c(OC2CN(CCOC(=O)Nc3ccc4c(c3)CN(C3CCC(=O)NC3=O)C4=O)C2)c(C#N)c1. The molecule has 60 heavy (non-hydrogen) atoms. The molecule has 2 fully saturated rings. The third kappa shape index (κ3) is 9.73. The van der Waals surface area contributed by atoms with Gasteiger partial charge >= 0.3 is 6.09 Å². The van der Waals surface area contributed by atoms with Crippen molar-refractivity contribution < 1.29 is 42.8 Å². The second-order valence-corrected chi connectivity index (χ2v) is 16.5. The summed E-state index contributed by atoms with van der Waals surface area (Å²) in [6.07, 6.45) is 1.11. The molecule has 2 unspecified atom stereocenters.